The predicted octanol–water partition coefficient (Wildman–Crippen LogP) is 6.21. The number of hydrogen-bond acceptors (Lipinski definition) is 0. The molecule has 3 aliphatic rings. The van der Waals surface area contributed by atoms with Gasteiger partial charge in [0.1, 0.15) is 0 Å². The van der Waals surface area contributed by atoms with Crippen LogP contribution in [0.5, 0.6) is 5.75 Å². The van der Waals surface area contributed by atoms with Gasteiger partial charge < -0.3 is 24.4 Å². The van der Waals surface area contributed by atoms with E-state index in [-0.39, 0.29) is 35.1 Å². The standard InChI is InChI=1S/C7H6O2.3C6H11.Sn/c8-6-4-2-1-3-5-7(6)9;3*1-2-4-6-5-3-1;/h1-5H,(H,8,9);3*1H,2-6H2;/q;3*-1;/p+2. The fourth-order valence-electron chi connectivity index (χ4n) is 3.23. The van der Waals surface area contributed by atoms with Crippen molar-refractivity contribution in [1.29, 1.82) is 0 Å². The van der Waals surface area contributed by atoms with Crippen molar-refractivity contribution >= 4 is 23.9 Å². The van der Waals surface area contributed by atoms with Crippen LogP contribution in [0.4, 0.5) is 0 Å². The maximum Gasteiger partial charge on any atom is 0.433 e. The van der Waals surface area contributed by atoms with Crippen LogP contribution >= 0.6 is 0 Å². The van der Waals surface area contributed by atoms with E-state index in [4.69, 9.17) is 9.90 Å². The molecule has 0 saturated heterocycles. The summed E-state index contributed by atoms with van der Waals surface area (Å²) in [7, 11) is 0. The average Bonchev–Trinajstić information content (AvgIpc) is 2.97. The summed E-state index contributed by atoms with van der Waals surface area (Å²) in [4.78, 5) is 8.89. The molecule has 158 valence electrons. The summed E-state index contributed by atoms with van der Waals surface area (Å²) in [5.74, 6) is 0.153. The molecule has 1 aromatic rings. The minimum atomic E-state index is 0. The van der Waals surface area contributed by atoms with Gasteiger partial charge in [0.15, 0.2) is 0 Å². The Labute approximate surface area is 190 Å². The maximum absolute atomic E-state index is 8.89. The van der Waals surface area contributed by atoms with E-state index < -0.39 is 0 Å². The van der Waals surface area contributed by atoms with E-state index in [2.05, 4.69) is 19.3 Å². The monoisotopic (exact) mass is 493 g/mol. The molecule has 0 heterocycles. The van der Waals surface area contributed by atoms with Crippen molar-refractivity contribution in [2.75, 3.05) is 0 Å². The van der Waals surface area contributed by atoms with Gasteiger partial charge in [0.2, 0.25) is 0 Å². The molecule has 0 aliphatic heterocycles. The second-order valence-electron chi connectivity index (χ2n) is 7.49. The fraction of sp³-hybridized carbons (Fsp3) is 0.600. The van der Waals surface area contributed by atoms with E-state index in [9.17, 15) is 0 Å². The maximum atomic E-state index is 8.89. The van der Waals surface area contributed by atoms with Gasteiger partial charge in [0, 0.05) is 30.0 Å². The largest absolute Gasteiger partial charge is 0.587 e. The third-order valence-electron chi connectivity index (χ3n) is 4.96. The van der Waals surface area contributed by atoms with Crippen molar-refractivity contribution in [3.05, 3.63) is 55.0 Å². The van der Waals surface area contributed by atoms with Gasteiger partial charge in [0.05, 0.1) is 6.07 Å². The van der Waals surface area contributed by atoms with Gasteiger partial charge in [-0.15, -0.1) is 0 Å². The number of rotatable bonds is 0. The van der Waals surface area contributed by atoms with E-state index in [0.29, 0.717) is 0 Å². The van der Waals surface area contributed by atoms with Crippen LogP contribution in [0.2, 0.25) is 0 Å². The summed E-state index contributed by atoms with van der Waals surface area (Å²) < 4.78 is 0. The Balaban J connectivity index is 0.000000349. The van der Waals surface area contributed by atoms with E-state index in [1.165, 1.54) is 108 Å². The molecule has 4 rings (SSSR count). The molecule has 0 aromatic heterocycles. The van der Waals surface area contributed by atoms with Crippen LogP contribution in [-0.4, -0.2) is 33.8 Å². The molecule has 0 spiro atoms. The van der Waals surface area contributed by atoms with Crippen molar-refractivity contribution in [1.82, 2.24) is 0 Å². The first-order chi connectivity index (χ1) is 13.3. The van der Waals surface area contributed by atoms with Gasteiger partial charge in [-0.25, -0.2) is 0 Å². The summed E-state index contributed by atoms with van der Waals surface area (Å²) in [5.41, 5.74) is 0.0139. The van der Waals surface area contributed by atoms with Crippen LogP contribution in [0.25, 0.3) is 0 Å². The molecule has 0 unspecified atom stereocenters. The van der Waals surface area contributed by atoms with Crippen LogP contribution in [0.15, 0.2) is 30.3 Å². The van der Waals surface area contributed by atoms with E-state index in [0.717, 1.165) is 0 Å². The quantitative estimate of drug-likeness (QED) is 0.235. The Morgan fingerprint density at radius 2 is 0.929 bits per heavy atom. The second-order valence-corrected chi connectivity index (χ2v) is 7.49. The molecule has 1 aromatic carbocycles. The van der Waals surface area contributed by atoms with Gasteiger partial charge in [-0.2, -0.15) is 38.5 Å². The van der Waals surface area contributed by atoms with Gasteiger partial charge in [-0.3, -0.25) is 4.79 Å². The Bertz CT molecular complexity index is 429. The third-order valence-corrected chi connectivity index (χ3v) is 4.96. The summed E-state index contributed by atoms with van der Waals surface area (Å²) in [6.07, 6.45) is 28.5. The minimum Gasteiger partial charge on any atom is -0.587 e. The second kappa shape index (κ2) is 21.2. The molecule has 28 heavy (non-hydrogen) atoms. The molecular weight excluding hydrogens is 451 g/mol. The zero-order valence-electron chi connectivity index (χ0n) is 17.7. The van der Waals surface area contributed by atoms with E-state index in [1.54, 1.807) is 18.2 Å². The first kappa shape index (κ1) is 27.5. The Hall–Kier alpha value is -0.511. The van der Waals surface area contributed by atoms with Gasteiger partial charge >= 0.3 is 11.2 Å². The molecule has 3 heteroatoms. The predicted molar refractivity (Wildman–Crippen MR) is 122 cm³/mol. The molecular formula is C25H41O2Sn-. The van der Waals surface area contributed by atoms with Gasteiger partial charge in [-0.05, 0) is 0 Å². The SMILES string of the molecule is [CH-]1CCCCC1.[CH-]1CCCCC1.[CH-]1CCCCC1.[OH+]=c1cccccc1[OH2+].[Sn]. The average molecular weight is 492 g/mol. The van der Waals surface area contributed by atoms with Crippen molar-refractivity contribution in [2.45, 2.75) is 96.3 Å². The van der Waals surface area contributed by atoms with E-state index >= 15 is 0 Å². The normalized spacial score (nSPS) is 18.3. The smallest absolute Gasteiger partial charge is 0.433 e. The summed E-state index contributed by atoms with van der Waals surface area (Å²) in [5, 5.41) is 7.09. The van der Waals surface area contributed by atoms with Gasteiger partial charge in [-0.1, -0.05) is 76.0 Å². The zero-order chi connectivity index (χ0) is 19.4. The van der Waals surface area contributed by atoms with Crippen molar-refractivity contribution < 1.29 is 9.90 Å². The van der Waals surface area contributed by atoms with Crippen LogP contribution in [0, 0.1) is 19.3 Å². The molecule has 4 radical (unpaired) electrons. The van der Waals surface area contributed by atoms with Crippen molar-refractivity contribution in [3.8, 4) is 5.75 Å². The summed E-state index contributed by atoms with van der Waals surface area (Å²) in [6.45, 7) is 0. The van der Waals surface area contributed by atoms with Gasteiger partial charge in [0.25, 0.3) is 0 Å². The van der Waals surface area contributed by atoms with Crippen molar-refractivity contribution in [2.24, 2.45) is 0 Å². The molecule has 3 N–H and O–H groups in total. The van der Waals surface area contributed by atoms with Crippen LogP contribution < -0.4 is 5.43 Å². The van der Waals surface area contributed by atoms with Crippen LogP contribution in [-0.2, 0) is 0 Å². The minimum absolute atomic E-state index is 0. The molecule has 0 atom stereocenters. The van der Waals surface area contributed by atoms with Crippen LogP contribution in [0.3, 0.4) is 0 Å². The summed E-state index contributed by atoms with van der Waals surface area (Å²) in [6, 6.07) is 8.19. The molecule has 0 bridgehead atoms. The molecule has 3 fully saturated rings. The first-order valence-corrected chi connectivity index (χ1v) is 11.1. The van der Waals surface area contributed by atoms with Crippen LogP contribution in [0.1, 0.15) is 96.3 Å². The van der Waals surface area contributed by atoms with Crippen molar-refractivity contribution in [3.63, 3.8) is 0 Å². The fourth-order valence-corrected chi connectivity index (χ4v) is 3.23. The Morgan fingerprint density at radius 3 is 1.21 bits per heavy atom. The Morgan fingerprint density at radius 1 is 0.571 bits per heavy atom. The number of hydrogen-bond donors (Lipinski definition) is 0. The zero-order valence-corrected chi connectivity index (χ0v) is 20.5. The molecule has 3 saturated carbocycles. The Kier molecular flexibility index (Phi) is 20.8. The molecule has 3 aliphatic carbocycles. The topological polar surface area (TPSA) is 44.3 Å². The molecule has 0 amide bonds. The first-order valence-electron chi connectivity index (χ1n) is 11.1. The third kappa shape index (κ3) is 17.6. The molecule has 2 nitrogen and oxygen atoms in total. The summed E-state index contributed by atoms with van der Waals surface area (Å²) >= 11 is 0. The van der Waals surface area contributed by atoms with E-state index in [1.807, 2.05) is 0 Å².